The summed E-state index contributed by atoms with van der Waals surface area (Å²) >= 11 is 0. The fourth-order valence-electron chi connectivity index (χ4n) is 4.25. The van der Waals surface area contributed by atoms with Crippen molar-refractivity contribution in [2.75, 3.05) is 6.54 Å². The van der Waals surface area contributed by atoms with Crippen LogP contribution in [0.4, 0.5) is 0 Å². The van der Waals surface area contributed by atoms with Crippen molar-refractivity contribution in [2.24, 2.45) is 0 Å². The maximum absolute atomic E-state index is 12.9. The Bertz CT molecular complexity index is 1290. The fourth-order valence-corrected chi connectivity index (χ4v) is 4.25. The average Bonchev–Trinajstić information content (AvgIpc) is 3.17. The SMILES string of the molecule is O=C(NCCc1cn2ccccc2n1)c1ccc2c(=O)n3c(nc2c1)CCCCCC3. The van der Waals surface area contributed by atoms with Gasteiger partial charge in [0.25, 0.3) is 11.5 Å². The minimum Gasteiger partial charge on any atom is -0.352 e. The van der Waals surface area contributed by atoms with Crippen LogP contribution in [0.1, 0.15) is 47.6 Å². The van der Waals surface area contributed by atoms with Crippen molar-refractivity contribution >= 4 is 22.5 Å². The van der Waals surface area contributed by atoms with Gasteiger partial charge in [-0.15, -0.1) is 0 Å². The second kappa shape index (κ2) is 8.34. The van der Waals surface area contributed by atoms with Crippen molar-refractivity contribution in [3.05, 3.63) is 76.2 Å². The summed E-state index contributed by atoms with van der Waals surface area (Å²) in [5.41, 5.74) is 2.94. The number of amides is 1. The van der Waals surface area contributed by atoms with E-state index in [9.17, 15) is 9.59 Å². The van der Waals surface area contributed by atoms with E-state index in [1.807, 2.05) is 39.6 Å². The largest absolute Gasteiger partial charge is 0.352 e. The number of carbonyl (C=O) groups excluding carboxylic acids is 1. The van der Waals surface area contributed by atoms with E-state index in [1.54, 1.807) is 18.2 Å². The Hall–Kier alpha value is -3.48. The monoisotopic (exact) mass is 415 g/mol. The van der Waals surface area contributed by atoms with Crippen molar-refractivity contribution in [3.63, 3.8) is 0 Å². The van der Waals surface area contributed by atoms with E-state index in [2.05, 4.69) is 10.3 Å². The molecule has 1 amide bonds. The lowest BCUT2D eigenvalue weighted by molar-refractivity contribution is 0.0954. The van der Waals surface area contributed by atoms with Crippen LogP contribution in [0.3, 0.4) is 0 Å². The number of nitrogens with zero attached hydrogens (tertiary/aromatic N) is 4. The summed E-state index contributed by atoms with van der Waals surface area (Å²) in [5.74, 6) is 0.668. The lowest BCUT2D eigenvalue weighted by atomic mass is 10.1. The maximum Gasteiger partial charge on any atom is 0.261 e. The van der Waals surface area contributed by atoms with Crippen molar-refractivity contribution < 1.29 is 4.79 Å². The molecule has 0 aliphatic carbocycles. The molecule has 31 heavy (non-hydrogen) atoms. The van der Waals surface area contributed by atoms with E-state index < -0.39 is 0 Å². The molecular weight excluding hydrogens is 390 g/mol. The summed E-state index contributed by atoms with van der Waals surface area (Å²) < 4.78 is 3.78. The summed E-state index contributed by atoms with van der Waals surface area (Å²) in [6.07, 6.45) is 9.75. The number of hydrogen-bond acceptors (Lipinski definition) is 4. The molecule has 0 radical (unpaired) electrons. The van der Waals surface area contributed by atoms with Crippen molar-refractivity contribution in [2.45, 2.75) is 45.1 Å². The van der Waals surface area contributed by atoms with E-state index >= 15 is 0 Å². The van der Waals surface area contributed by atoms with Gasteiger partial charge in [0.2, 0.25) is 0 Å². The highest BCUT2D eigenvalue weighted by molar-refractivity contribution is 5.97. The van der Waals surface area contributed by atoms with Crippen LogP contribution in [0.5, 0.6) is 0 Å². The minimum absolute atomic E-state index is 0.000654. The number of pyridine rings is 1. The first kappa shape index (κ1) is 19.5. The summed E-state index contributed by atoms with van der Waals surface area (Å²) in [6, 6.07) is 11.0. The molecule has 0 fully saturated rings. The smallest absolute Gasteiger partial charge is 0.261 e. The number of rotatable bonds is 4. The second-order valence-corrected chi connectivity index (χ2v) is 8.09. The Morgan fingerprint density at radius 3 is 2.87 bits per heavy atom. The lowest BCUT2D eigenvalue weighted by Crippen LogP contribution is -2.28. The van der Waals surface area contributed by atoms with Gasteiger partial charge >= 0.3 is 0 Å². The maximum atomic E-state index is 12.9. The van der Waals surface area contributed by atoms with E-state index in [0.29, 0.717) is 29.4 Å². The third-order valence-corrected chi connectivity index (χ3v) is 5.91. The van der Waals surface area contributed by atoms with Crippen LogP contribution in [0.25, 0.3) is 16.6 Å². The first-order chi connectivity index (χ1) is 15.2. The predicted molar refractivity (Wildman–Crippen MR) is 119 cm³/mol. The molecule has 1 N–H and O–H groups in total. The van der Waals surface area contributed by atoms with Gasteiger partial charge < -0.3 is 9.72 Å². The Morgan fingerprint density at radius 1 is 1.06 bits per heavy atom. The third kappa shape index (κ3) is 3.95. The molecule has 0 atom stereocenters. The first-order valence-corrected chi connectivity index (χ1v) is 10.9. The summed E-state index contributed by atoms with van der Waals surface area (Å²) in [4.78, 5) is 34.9. The van der Waals surface area contributed by atoms with Crippen LogP contribution < -0.4 is 10.9 Å². The number of aromatic nitrogens is 4. The number of hydrogen-bond donors (Lipinski definition) is 1. The molecule has 1 aliphatic heterocycles. The van der Waals surface area contributed by atoms with Gasteiger partial charge in [-0.3, -0.25) is 14.2 Å². The second-order valence-electron chi connectivity index (χ2n) is 8.09. The summed E-state index contributed by atoms with van der Waals surface area (Å²) in [6.45, 7) is 1.21. The zero-order valence-corrected chi connectivity index (χ0v) is 17.4. The molecule has 0 unspecified atom stereocenters. The molecule has 0 spiro atoms. The number of imidazole rings is 1. The molecule has 0 bridgehead atoms. The molecule has 7 heteroatoms. The van der Waals surface area contributed by atoms with Crippen LogP contribution in [0, 0.1) is 0 Å². The molecule has 4 heterocycles. The van der Waals surface area contributed by atoms with Crippen molar-refractivity contribution in [1.82, 2.24) is 24.3 Å². The Labute approximate surface area is 179 Å². The average molecular weight is 415 g/mol. The Balaban J connectivity index is 1.32. The van der Waals surface area contributed by atoms with E-state index in [1.165, 1.54) is 6.42 Å². The zero-order valence-electron chi connectivity index (χ0n) is 17.4. The molecule has 1 aromatic carbocycles. The molecule has 7 nitrogen and oxygen atoms in total. The predicted octanol–water partition coefficient (Wildman–Crippen LogP) is 3.13. The van der Waals surface area contributed by atoms with Gasteiger partial charge in [0, 0.05) is 43.9 Å². The number of fused-ring (bicyclic) bond motifs is 3. The van der Waals surface area contributed by atoms with Gasteiger partial charge in [-0.25, -0.2) is 9.97 Å². The molecular formula is C24H25N5O2. The Morgan fingerprint density at radius 2 is 1.97 bits per heavy atom. The first-order valence-electron chi connectivity index (χ1n) is 10.9. The zero-order chi connectivity index (χ0) is 21.2. The van der Waals surface area contributed by atoms with Crippen molar-refractivity contribution in [1.29, 1.82) is 0 Å². The number of benzene rings is 1. The van der Waals surface area contributed by atoms with Gasteiger partial charge in [-0.2, -0.15) is 0 Å². The van der Waals surface area contributed by atoms with Gasteiger partial charge in [0.1, 0.15) is 11.5 Å². The highest BCUT2D eigenvalue weighted by atomic mass is 16.1. The van der Waals surface area contributed by atoms with E-state index in [-0.39, 0.29) is 11.5 Å². The van der Waals surface area contributed by atoms with Crippen LogP contribution in [-0.2, 0) is 19.4 Å². The lowest BCUT2D eigenvalue weighted by Gasteiger charge is -2.16. The molecule has 3 aromatic heterocycles. The summed E-state index contributed by atoms with van der Waals surface area (Å²) in [5, 5.41) is 3.53. The van der Waals surface area contributed by atoms with Gasteiger partial charge in [-0.1, -0.05) is 18.9 Å². The minimum atomic E-state index is -0.167. The number of carbonyl (C=O) groups is 1. The van der Waals surface area contributed by atoms with Crippen LogP contribution >= 0.6 is 0 Å². The fraction of sp³-hybridized carbons (Fsp3) is 0.333. The van der Waals surface area contributed by atoms with E-state index in [4.69, 9.17) is 4.98 Å². The quantitative estimate of drug-likeness (QED) is 0.555. The molecule has 0 saturated heterocycles. The number of aryl methyl sites for hydroxylation is 1. The van der Waals surface area contributed by atoms with Crippen LogP contribution in [-0.4, -0.2) is 31.4 Å². The highest BCUT2D eigenvalue weighted by Gasteiger charge is 2.15. The third-order valence-electron chi connectivity index (χ3n) is 5.91. The van der Waals surface area contributed by atoms with Gasteiger partial charge in [-0.05, 0) is 43.2 Å². The van der Waals surface area contributed by atoms with Crippen molar-refractivity contribution in [3.8, 4) is 0 Å². The van der Waals surface area contributed by atoms with Crippen LogP contribution in [0.15, 0.2) is 53.6 Å². The normalized spacial score (nSPS) is 14.2. The number of nitrogens with one attached hydrogen (secondary N) is 1. The van der Waals surface area contributed by atoms with E-state index in [0.717, 1.165) is 49.4 Å². The van der Waals surface area contributed by atoms with Gasteiger partial charge in [0.15, 0.2) is 0 Å². The topological polar surface area (TPSA) is 81.3 Å². The van der Waals surface area contributed by atoms with Gasteiger partial charge in [0.05, 0.1) is 16.6 Å². The Kier molecular flexibility index (Phi) is 5.24. The summed E-state index contributed by atoms with van der Waals surface area (Å²) in [7, 11) is 0. The molecule has 5 rings (SSSR count). The molecule has 1 aliphatic rings. The molecule has 4 aromatic rings. The highest BCUT2D eigenvalue weighted by Crippen LogP contribution is 2.16. The van der Waals surface area contributed by atoms with Crippen LogP contribution in [0.2, 0.25) is 0 Å². The molecule has 0 saturated carbocycles. The standard InChI is InChI=1S/C24H25N5O2/c30-23(25-12-11-18-16-28-13-6-4-7-21(28)26-18)17-9-10-19-20(15-17)27-22-8-3-1-2-5-14-29(22)24(19)31/h4,6-7,9-10,13,15-16H,1-3,5,8,11-12,14H2,(H,25,30). The molecule has 158 valence electrons.